The van der Waals surface area contributed by atoms with Crippen LogP contribution in [-0.4, -0.2) is 62.9 Å². The van der Waals surface area contributed by atoms with Crippen LogP contribution in [0.15, 0.2) is 42.6 Å². The van der Waals surface area contributed by atoms with Gasteiger partial charge in [-0.25, -0.2) is 9.97 Å². The van der Waals surface area contributed by atoms with Gasteiger partial charge in [-0.15, -0.1) is 0 Å². The van der Waals surface area contributed by atoms with Crippen LogP contribution in [0.5, 0.6) is 0 Å². The molecule has 11 heteroatoms. The molecule has 2 aromatic carbocycles. The maximum absolute atomic E-state index is 13.7. The van der Waals surface area contributed by atoms with Gasteiger partial charge in [-0.2, -0.15) is 18.3 Å². The molecule has 1 fully saturated rings. The van der Waals surface area contributed by atoms with Crippen LogP contribution in [-0.2, 0) is 24.0 Å². The number of ether oxygens (including phenoxy) is 1. The maximum atomic E-state index is 13.7. The van der Waals surface area contributed by atoms with Crippen molar-refractivity contribution in [3.63, 3.8) is 0 Å². The number of halogens is 3. The number of hydrogen-bond donors (Lipinski definition) is 0. The fourth-order valence-corrected chi connectivity index (χ4v) is 5.53. The molecule has 0 bridgehead atoms. The first-order valence-electron chi connectivity index (χ1n) is 13.3. The summed E-state index contributed by atoms with van der Waals surface area (Å²) in [4.78, 5) is 26.6. The van der Waals surface area contributed by atoms with Crippen LogP contribution in [0.1, 0.15) is 39.8 Å². The molecule has 4 aromatic rings. The highest BCUT2D eigenvalue weighted by Crippen LogP contribution is 2.33. The Morgan fingerprint density at radius 2 is 1.90 bits per heavy atom. The number of carbonyl (C=O) groups excluding carboxylic acids is 1. The molecular weight excluding hydrogens is 521 g/mol. The fraction of sp³-hybridized carbons (Fsp3) is 0.379. The molecule has 1 saturated heterocycles. The van der Waals surface area contributed by atoms with E-state index in [9.17, 15) is 18.0 Å². The van der Waals surface area contributed by atoms with E-state index in [-0.39, 0.29) is 12.0 Å². The van der Waals surface area contributed by atoms with Crippen LogP contribution in [0.25, 0.3) is 22.3 Å². The summed E-state index contributed by atoms with van der Waals surface area (Å²) in [5.74, 6) is 0.319. The normalized spacial score (nSPS) is 18.4. The highest BCUT2D eigenvalue weighted by atomic mass is 19.4. The van der Waals surface area contributed by atoms with Crippen LogP contribution in [0.2, 0.25) is 0 Å². The molecule has 0 radical (unpaired) electrons. The van der Waals surface area contributed by atoms with Gasteiger partial charge in [-0.3, -0.25) is 14.4 Å². The highest BCUT2D eigenvalue weighted by molar-refractivity contribution is 6.07. The number of morpholine rings is 1. The predicted molar refractivity (Wildman–Crippen MR) is 144 cm³/mol. The largest absolute Gasteiger partial charge is 0.416 e. The topological polar surface area (TPSA) is 76.4 Å². The molecule has 0 aliphatic carbocycles. The van der Waals surface area contributed by atoms with Gasteiger partial charge in [0.1, 0.15) is 5.69 Å². The Morgan fingerprint density at radius 1 is 1.07 bits per heavy atom. The molecule has 4 heterocycles. The van der Waals surface area contributed by atoms with Gasteiger partial charge in [0.25, 0.3) is 5.91 Å². The Kier molecular flexibility index (Phi) is 6.58. The second-order valence-electron chi connectivity index (χ2n) is 10.5. The van der Waals surface area contributed by atoms with E-state index in [1.807, 2.05) is 36.7 Å². The van der Waals surface area contributed by atoms with Crippen molar-refractivity contribution < 1.29 is 22.7 Å². The summed E-state index contributed by atoms with van der Waals surface area (Å²) in [5.41, 5.74) is 4.51. The van der Waals surface area contributed by atoms with Crippen molar-refractivity contribution in [1.82, 2.24) is 24.6 Å². The van der Waals surface area contributed by atoms with E-state index in [1.54, 1.807) is 4.90 Å². The third kappa shape index (κ3) is 4.84. The van der Waals surface area contributed by atoms with Gasteiger partial charge in [-0.05, 0) is 62.7 Å². The lowest BCUT2D eigenvalue weighted by molar-refractivity contribution is -0.137. The van der Waals surface area contributed by atoms with Crippen molar-refractivity contribution in [1.29, 1.82) is 0 Å². The number of anilines is 1. The van der Waals surface area contributed by atoms with Gasteiger partial charge in [0.15, 0.2) is 5.82 Å². The minimum Gasteiger partial charge on any atom is -0.376 e. The van der Waals surface area contributed by atoms with Crippen molar-refractivity contribution in [3.05, 3.63) is 70.7 Å². The number of fused-ring (bicyclic) bond motifs is 2. The average molecular weight is 551 g/mol. The third-order valence-electron chi connectivity index (χ3n) is 7.62. The van der Waals surface area contributed by atoms with Crippen molar-refractivity contribution >= 4 is 22.5 Å². The van der Waals surface area contributed by atoms with Crippen LogP contribution >= 0.6 is 0 Å². The molecule has 2 aromatic heterocycles. The van der Waals surface area contributed by atoms with E-state index in [0.717, 1.165) is 53.3 Å². The number of aryl methyl sites for hydroxylation is 1. The number of aromatic nitrogens is 4. The second-order valence-corrected chi connectivity index (χ2v) is 10.5. The summed E-state index contributed by atoms with van der Waals surface area (Å²) in [7, 11) is 0. The molecule has 1 atom stereocenters. The molecule has 1 unspecified atom stereocenters. The molecule has 2 aliphatic heterocycles. The molecule has 0 N–H and O–H groups in total. The van der Waals surface area contributed by atoms with E-state index < -0.39 is 11.7 Å². The maximum Gasteiger partial charge on any atom is 0.416 e. The van der Waals surface area contributed by atoms with Crippen LogP contribution in [0, 0.1) is 13.8 Å². The number of carbonyl (C=O) groups is 1. The lowest BCUT2D eigenvalue weighted by atomic mass is 10.1. The third-order valence-corrected chi connectivity index (χ3v) is 7.62. The van der Waals surface area contributed by atoms with Crippen molar-refractivity contribution in [3.8, 4) is 11.4 Å². The van der Waals surface area contributed by atoms with Gasteiger partial charge < -0.3 is 9.64 Å². The van der Waals surface area contributed by atoms with Crippen molar-refractivity contribution in [2.24, 2.45) is 0 Å². The molecule has 0 spiro atoms. The Bertz CT molecular complexity index is 1620. The Balaban J connectivity index is 1.24. The molecule has 40 heavy (non-hydrogen) atoms. The first kappa shape index (κ1) is 26.4. The lowest BCUT2D eigenvalue weighted by Crippen LogP contribution is -2.41. The number of alkyl halides is 3. The summed E-state index contributed by atoms with van der Waals surface area (Å²) in [6.07, 6.45) is -2.84. The van der Waals surface area contributed by atoms with Crippen LogP contribution in [0.4, 0.5) is 18.9 Å². The number of benzene rings is 2. The molecule has 208 valence electrons. The molecule has 6 rings (SSSR count). The van der Waals surface area contributed by atoms with Crippen LogP contribution < -0.4 is 4.90 Å². The summed E-state index contributed by atoms with van der Waals surface area (Å²) in [5, 5.41) is 5.10. The van der Waals surface area contributed by atoms with Crippen molar-refractivity contribution in [2.45, 2.75) is 46.1 Å². The van der Waals surface area contributed by atoms with Gasteiger partial charge in [0, 0.05) is 54.6 Å². The minimum atomic E-state index is -4.43. The zero-order chi connectivity index (χ0) is 28.2. The van der Waals surface area contributed by atoms with Gasteiger partial charge in [0.05, 0.1) is 36.0 Å². The zero-order valence-corrected chi connectivity index (χ0v) is 22.5. The van der Waals surface area contributed by atoms with E-state index in [0.29, 0.717) is 48.7 Å². The summed E-state index contributed by atoms with van der Waals surface area (Å²) >= 11 is 0. The predicted octanol–water partition coefficient (Wildman–Crippen LogP) is 5.01. The van der Waals surface area contributed by atoms with E-state index in [4.69, 9.17) is 9.84 Å². The van der Waals surface area contributed by atoms with E-state index in [1.165, 1.54) is 12.3 Å². The van der Waals surface area contributed by atoms with Gasteiger partial charge in [0.2, 0.25) is 0 Å². The summed E-state index contributed by atoms with van der Waals surface area (Å²) in [6, 6.07) is 9.04. The van der Waals surface area contributed by atoms with Gasteiger partial charge >= 0.3 is 6.18 Å². The first-order chi connectivity index (χ1) is 19.1. The number of nitrogens with zero attached hydrogens (tertiary/aromatic N) is 6. The number of amides is 1. The molecule has 8 nitrogen and oxygen atoms in total. The molecular formula is C29H29F3N6O2. The lowest BCUT2D eigenvalue weighted by Gasteiger charge is -2.30. The number of rotatable bonds is 4. The van der Waals surface area contributed by atoms with Crippen molar-refractivity contribution in [2.75, 3.05) is 31.1 Å². The first-order valence-corrected chi connectivity index (χ1v) is 13.3. The fourth-order valence-electron chi connectivity index (χ4n) is 5.53. The van der Waals surface area contributed by atoms with E-state index in [2.05, 4.69) is 21.8 Å². The Labute approximate surface area is 229 Å². The Hall–Kier alpha value is -3.83. The Morgan fingerprint density at radius 3 is 2.65 bits per heavy atom. The molecule has 2 aliphatic rings. The van der Waals surface area contributed by atoms with E-state index >= 15 is 0 Å². The standard InChI is InChI=1S/C29H29F3N6O2/c1-17-12-20(27-33-14-21-13-22(29(30,31)32)5-6-23(21)34-27)4-7-25(17)37-8-9-38-26(28(37)39)19(3)24(35-38)16-36-10-11-40-18(2)15-36/h4-7,12-14,18H,8-11,15-16H2,1-3H3. The number of hydrogen-bond acceptors (Lipinski definition) is 6. The zero-order valence-electron chi connectivity index (χ0n) is 22.5. The quantitative estimate of drug-likeness (QED) is 0.356. The SMILES string of the molecule is Cc1cc(-c2ncc3cc(C(F)(F)F)ccc3n2)ccc1N1CCn2nc(CN3CCOC(C)C3)c(C)c2C1=O. The second kappa shape index (κ2) is 9.97. The average Bonchev–Trinajstić information content (AvgIpc) is 3.23. The van der Waals surface area contributed by atoms with Crippen LogP contribution in [0.3, 0.4) is 0 Å². The summed E-state index contributed by atoms with van der Waals surface area (Å²) in [6.45, 7) is 10.1. The smallest absolute Gasteiger partial charge is 0.376 e. The summed E-state index contributed by atoms with van der Waals surface area (Å²) < 4.78 is 46.6. The van der Waals surface area contributed by atoms with Gasteiger partial charge in [-0.1, -0.05) is 0 Å². The molecule has 1 amide bonds. The highest BCUT2D eigenvalue weighted by Gasteiger charge is 2.32. The molecule has 0 saturated carbocycles. The minimum absolute atomic E-state index is 0.0869. The monoisotopic (exact) mass is 550 g/mol.